The van der Waals surface area contributed by atoms with Gasteiger partial charge >= 0.3 is 0 Å². The Labute approximate surface area is 123 Å². The highest BCUT2D eigenvalue weighted by Gasteiger charge is 2.54. The van der Waals surface area contributed by atoms with Gasteiger partial charge in [-0.3, -0.25) is 4.79 Å². The summed E-state index contributed by atoms with van der Waals surface area (Å²) in [6.07, 6.45) is 9.37. The van der Waals surface area contributed by atoms with E-state index < -0.39 is 0 Å². The molecular weight excluding hydrogens is 248 g/mol. The minimum atomic E-state index is 0.00960. The van der Waals surface area contributed by atoms with Gasteiger partial charge in [-0.05, 0) is 55.4 Å². The number of carbonyl (C=O) groups is 1. The second-order valence-corrected chi connectivity index (χ2v) is 7.47. The Morgan fingerprint density at radius 2 is 2.10 bits per heavy atom. The number of methoxy groups -OCH3 is 1. The fourth-order valence-corrected chi connectivity index (χ4v) is 5.05. The van der Waals surface area contributed by atoms with E-state index in [1.807, 2.05) is 0 Å². The summed E-state index contributed by atoms with van der Waals surface area (Å²) in [6.45, 7) is 5.32. The fraction of sp³-hybridized carbons (Fsp3) is 0.833. The SMILES string of the molecule is COCC1=CC2C(=O)C3(CCCC3C1)CCC(C)C2C. The smallest absolute Gasteiger partial charge is 0.146 e. The van der Waals surface area contributed by atoms with E-state index in [1.54, 1.807) is 7.11 Å². The first-order valence-corrected chi connectivity index (χ1v) is 8.31. The van der Waals surface area contributed by atoms with Crippen LogP contribution in [0.4, 0.5) is 0 Å². The zero-order valence-electron chi connectivity index (χ0n) is 13.2. The van der Waals surface area contributed by atoms with Crippen LogP contribution in [0.5, 0.6) is 0 Å². The van der Waals surface area contributed by atoms with E-state index in [4.69, 9.17) is 4.74 Å². The van der Waals surface area contributed by atoms with Crippen molar-refractivity contribution in [2.24, 2.45) is 29.1 Å². The van der Waals surface area contributed by atoms with Crippen molar-refractivity contribution >= 4 is 5.78 Å². The van der Waals surface area contributed by atoms with Crippen LogP contribution in [0.2, 0.25) is 0 Å². The molecule has 2 nitrogen and oxygen atoms in total. The number of fused-ring (bicyclic) bond motifs is 1. The van der Waals surface area contributed by atoms with Crippen molar-refractivity contribution in [2.75, 3.05) is 13.7 Å². The molecule has 2 saturated carbocycles. The van der Waals surface area contributed by atoms with E-state index in [0.717, 1.165) is 19.3 Å². The molecule has 0 aromatic heterocycles. The summed E-state index contributed by atoms with van der Waals surface area (Å²) in [6, 6.07) is 0. The number of hydrogen-bond donors (Lipinski definition) is 0. The van der Waals surface area contributed by atoms with Gasteiger partial charge < -0.3 is 4.74 Å². The molecule has 3 aliphatic rings. The van der Waals surface area contributed by atoms with Crippen LogP contribution in [-0.2, 0) is 9.53 Å². The first-order valence-electron chi connectivity index (χ1n) is 8.31. The molecule has 3 aliphatic carbocycles. The fourth-order valence-electron chi connectivity index (χ4n) is 5.05. The number of rotatable bonds is 2. The van der Waals surface area contributed by atoms with Gasteiger partial charge in [-0.2, -0.15) is 0 Å². The van der Waals surface area contributed by atoms with Gasteiger partial charge in [0.15, 0.2) is 0 Å². The van der Waals surface area contributed by atoms with Crippen molar-refractivity contribution in [3.05, 3.63) is 11.6 Å². The van der Waals surface area contributed by atoms with Crippen LogP contribution in [0.1, 0.15) is 52.4 Å². The third kappa shape index (κ3) is 2.07. The van der Waals surface area contributed by atoms with Crippen LogP contribution >= 0.6 is 0 Å². The van der Waals surface area contributed by atoms with Crippen molar-refractivity contribution in [1.29, 1.82) is 0 Å². The quantitative estimate of drug-likeness (QED) is 0.713. The first-order chi connectivity index (χ1) is 9.58. The molecule has 0 saturated heterocycles. The zero-order chi connectivity index (χ0) is 14.3. The number of hydrogen-bond acceptors (Lipinski definition) is 2. The number of allylic oxidation sites excluding steroid dienone is 1. The van der Waals surface area contributed by atoms with Crippen LogP contribution in [0.25, 0.3) is 0 Å². The van der Waals surface area contributed by atoms with Gasteiger partial charge in [0.25, 0.3) is 0 Å². The van der Waals surface area contributed by atoms with E-state index in [1.165, 1.54) is 24.8 Å². The number of ether oxygens (including phenoxy) is 1. The van der Waals surface area contributed by atoms with Crippen molar-refractivity contribution in [3.8, 4) is 0 Å². The average molecular weight is 276 g/mol. The van der Waals surface area contributed by atoms with Gasteiger partial charge in [0.05, 0.1) is 6.61 Å². The Morgan fingerprint density at radius 1 is 1.30 bits per heavy atom. The number of Topliss-reactive ketones (excluding diaryl/α,β-unsaturated/α-hetero) is 1. The van der Waals surface area contributed by atoms with Crippen molar-refractivity contribution < 1.29 is 9.53 Å². The molecule has 0 aromatic rings. The molecule has 2 bridgehead atoms. The molecule has 0 aliphatic heterocycles. The second-order valence-electron chi connectivity index (χ2n) is 7.47. The Morgan fingerprint density at radius 3 is 2.85 bits per heavy atom. The third-order valence-electron chi connectivity index (χ3n) is 6.51. The van der Waals surface area contributed by atoms with Crippen LogP contribution in [-0.4, -0.2) is 19.5 Å². The Hall–Kier alpha value is -0.630. The lowest BCUT2D eigenvalue weighted by Crippen LogP contribution is -2.37. The van der Waals surface area contributed by atoms with Crippen LogP contribution < -0.4 is 0 Å². The predicted molar refractivity (Wildman–Crippen MR) is 80.4 cm³/mol. The summed E-state index contributed by atoms with van der Waals surface area (Å²) in [4.78, 5) is 13.3. The van der Waals surface area contributed by atoms with Gasteiger partial charge in [0.2, 0.25) is 0 Å². The highest BCUT2D eigenvalue weighted by atomic mass is 16.5. The largest absolute Gasteiger partial charge is 0.380 e. The topological polar surface area (TPSA) is 26.3 Å². The summed E-state index contributed by atoms with van der Waals surface area (Å²) >= 11 is 0. The Balaban J connectivity index is 2.03. The molecule has 20 heavy (non-hydrogen) atoms. The number of ketones is 1. The lowest BCUT2D eigenvalue weighted by atomic mass is 9.68. The van der Waals surface area contributed by atoms with Crippen molar-refractivity contribution in [3.63, 3.8) is 0 Å². The molecule has 0 amide bonds. The molecule has 0 aromatic carbocycles. The van der Waals surface area contributed by atoms with Crippen molar-refractivity contribution in [1.82, 2.24) is 0 Å². The zero-order valence-corrected chi connectivity index (χ0v) is 13.2. The summed E-state index contributed by atoms with van der Waals surface area (Å²) in [5.74, 6) is 2.43. The summed E-state index contributed by atoms with van der Waals surface area (Å²) < 4.78 is 5.38. The molecule has 112 valence electrons. The molecule has 0 heterocycles. The van der Waals surface area contributed by atoms with E-state index in [9.17, 15) is 4.79 Å². The lowest BCUT2D eigenvalue weighted by molar-refractivity contribution is -0.134. The molecule has 5 atom stereocenters. The molecule has 3 rings (SSSR count). The van der Waals surface area contributed by atoms with E-state index in [-0.39, 0.29) is 11.3 Å². The molecule has 5 unspecified atom stereocenters. The molecular formula is C18H28O2. The highest BCUT2D eigenvalue weighted by Crippen LogP contribution is 2.56. The lowest BCUT2D eigenvalue weighted by Gasteiger charge is -2.33. The molecule has 0 N–H and O–H groups in total. The predicted octanol–water partition coefficient (Wildman–Crippen LogP) is 4.00. The standard InChI is InChI=1S/C18H28O2/c1-12-6-8-18-7-4-5-15(18)9-14(11-20-3)10-16(13(12)2)17(18)19/h10,12-13,15-16H,4-9,11H2,1-3H3. The molecule has 0 radical (unpaired) electrons. The van der Waals surface area contributed by atoms with Gasteiger partial charge in [0.1, 0.15) is 5.78 Å². The molecule has 2 fully saturated rings. The monoisotopic (exact) mass is 276 g/mol. The van der Waals surface area contributed by atoms with E-state index >= 15 is 0 Å². The molecule has 2 heteroatoms. The second kappa shape index (κ2) is 5.29. The maximum Gasteiger partial charge on any atom is 0.146 e. The first kappa shape index (κ1) is 14.3. The van der Waals surface area contributed by atoms with Gasteiger partial charge in [-0.15, -0.1) is 0 Å². The van der Waals surface area contributed by atoms with Gasteiger partial charge in [-0.25, -0.2) is 0 Å². The summed E-state index contributed by atoms with van der Waals surface area (Å²) in [5, 5.41) is 0. The molecule has 1 spiro atoms. The average Bonchev–Trinajstić information content (AvgIpc) is 2.76. The van der Waals surface area contributed by atoms with Crippen LogP contribution in [0.15, 0.2) is 11.6 Å². The minimum absolute atomic E-state index is 0.00960. The summed E-state index contributed by atoms with van der Waals surface area (Å²) in [7, 11) is 1.77. The van der Waals surface area contributed by atoms with Gasteiger partial charge in [-0.1, -0.05) is 26.3 Å². The van der Waals surface area contributed by atoms with Crippen LogP contribution in [0.3, 0.4) is 0 Å². The van der Waals surface area contributed by atoms with Crippen molar-refractivity contribution in [2.45, 2.75) is 52.4 Å². The number of carbonyl (C=O) groups excluding carboxylic acids is 1. The Bertz CT molecular complexity index is 425. The van der Waals surface area contributed by atoms with Crippen LogP contribution in [0, 0.1) is 29.1 Å². The van der Waals surface area contributed by atoms with E-state index in [2.05, 4.69) is 19.9 Å². The maximum atomic E-state index is 13.3. The van der Waals surface area contributed by atoms with E-state index in [0.29, 0.717) is 30.1 Å². The normalized spacial score (nSPS) is 44.5. The summed E-state index contributed by atoms with van der Waals surface area (Å²) in [5.41, 5.74) is 1.39. The highest BCUT2D eigenvalue weighted by molar-refractivity contribution is 5.90. The van der Waals surface area contributed by atoms with Gasteiger partial charge in [0, 0.05) is 18.4 Å². The minimum Gasteiger partial charge on any atom is -0.380 e. The Kier molecular flexibility index (Phi) is 3.79. The third-order valence-corrected chi connectivity index (χ3v) is 6.51. The maximum absolute atomic E-state index is 13.3.